The summed E-state index contributed by atoms with van der Waals surface area (Å²) < 4.78 is 6.00. The van der Waals surface area contributed by atoms with E-state index in [1.165, 1.54) is 5.56 Å². The van der Waals surface area contributed by atoms with Gasteiger partial charge in [0.25, 0.3) is 0 Å². The minimum atomic E-state index is -0.0182. The molecule has 7 nitrogen and oxygen atoms in total. The second-order valence-electron chi connectivity index (χ2n) is 7.18. The van der Waals surface area contributed by atoms with Crippen molar-refractivity contribution in [1.82, 2.24) is 15.0 Å². The highest BCUT2D eigenvalue weighted by Gasteiger charge is 2.21. The summed E-state index contributed by atoms with van der Waals surface area (Å²) in [6, 6.07) is 21.2. The Labute approximate surface area is 180 Å². The topological polar surface area (TPSA) is 83.4 Å². The van der Waals surface area contributed by atoms with Gasteiger partial charge < -0.3 is 20.1 Å². The molecular weight excluding hydrogens is 390 g/mol. The largest absolute Gasteiger partial charge is 0.439 e. The summed E-state index contributed by atoms with van der Waals surface area (Å²) in [7, 11) is 0. The van der Waals surface area contributed by atoms with Gasteiger partial charge >= 0.3 is 0 Å². The number of nitrogens with zero attached hydrogens (tertiary/aromatic N) is 4. The Kier molecular flexibility index (Phi) is 5.16. The molecule has 0 unspecified atom stereocenters. The molecule has 2 N–H and O–H groups in total. The van der Waals surface area contributed by atoms with Crippen molar-refractivity contribution in [2.45, 2.75) is 13.0 Å². The first-order chi connectivity index (χ1) is 15.3. The molecule has 0 amide bonds. The average molecular weight is 411 g/mol. The molecule has 0 bridgehead atoms. The number of hydrogen-bond acceptors (Lipinski definition) is 7. The third-order valence-corrected chi connectivity index (χ3v) is 5.09. The standard InChI is InChI=1S/C24H21N5O2/c30-16-17-4-3-5-19(14-17)27-24-26-12-9-23(28-24)31-20-7-8-21-18(15-20)10-13-29(21)22-6-1-2-11-25-22/h1-9,11-12,14-15,30H,10,13,16H2,(H,26,27,28). The molecule has 0 radical (unpaired) electrons. The third-order valence-electron chi connectivity index (χ3n) is 5.09. The zero-order valence-corrected chi connectivity index (χ0v) is 16.8. The zero-order chi connectivity index (χ0) is 21.0. The van der Waals surface area contributed by atoms with Crippen LogP contribution in [0.3, 0.4) is 0 Å². The smallest absolute Gasteiger partial charge is 0.230 e. The molecule has 1 aliphatic rings. The maximum Gasteiger partial charge on any atom is 0.230 e. The fourth-order valence-electron chi connectivity index (χ4n) is 3.65. The van der Waals surface area contributed by atoms with Crippen molar-refractivity contribution >= 4 is 23.1 Å². The van der Waals surface area contributed by atoms with Crippen LogP contribution in [0.4, 0.5) is 23.1 Å². The van der Waals surface area contributed by atoms with Gasteiger partial charge in [-0.15, -0.1) is 0 Å². The average Bonchev–Trinajstić information content (AvgIpc) is 3.23. The van der Waals surface area contributed by atoms with E-state index < -0.39 is 0 Å². The molecule has 1 aliphatic heterocycles. The maximum absolute atomic E-state index is 9.30. The molecule has 5 rings (SSSR count). The Balaban J connectivity index is 1.32. The quantitative estimate of drug-likeness (QED) is 0.480. The van der Waals surface area contributed by atoms with Gasteiger partial charge in [0, 0.05) is 36.4 Å². The van der Waals surface area contributed by atoms with Crippen molar-refractivity contribution in [3.63, 3.8) is 0 Å². The number of benzene rings is 2. The van der Waals surface area contributed by atoms with Crippen molar-refractivity contribution in [1.29, 1.82) is 0 Å². The molecule has 0 fully saturated rings. The first-order valence-corrected chi connectivity index (χ1v) is 10.1. The summed E-state index contributed by atoms with van der Waals surface area (Å²) in [5.74, 6) is 2.56. The van der Waals surface area contributed by atoms with Crippen LogP contribution in [0, 0.1) is 0 Å². The number of rotatable bonds is 6. The van der Waals surface area contributed by atoms with Gasteiger partial charge in [-0.25, -0.2) is 9.97 Å². The van der Waals surface area contributed by atoms with Gasteiger partial charge in [0.1, 0.15) is 11.6 Å². The van der Waals surface area contributed by atoms with E-state index in [-0.39, 0.29) is 6.61 Å². The fourth-order valence-corrected chi connectivity index (χ4v) is 3.65. The van der Waals surface area contributed by atoms with Crippen molar-refractivity contribution < 1.29 is 9.84 Å². The summed E-state index contributed by atoms with van der Waals surface area (Å²) in [4.78, 5) is 15.4. The van der Waals surface area contributed by atoms with E-state index in [2.05, 4.69) is 37.3 Å². The van der Waals surface area contributed by atoms with Crippen LogP contribution in [0.25, 0.3) is 0 Å². The van der Waals surface area contributed by atoms with Crippen LogP contribution in [0.15, 0.2) is 79.1 Å². The maximum atomic E-state index is 9.30. The lowest BCUT2D eigenvalue weighted by atomic mass is 10.1. The number of fused-ring (bicyclic) bond motifs is 1. The highest BCUT2D eigenvalue weighted by Crippen LogP contribution is 2.36. The lowest BCUT2D eigenvalue weighted by Crippen LogP contribution is -2.14. The molecule has 154 valence electrons. The van der Waals surface area contributed by atoms with Crippen molar-refractivity contribution in [3.05, 3.63) is 90.3 Å². The van der Waals surface area contributed by atoms with Crippen LogP contribution in [-0.2, 0) is 13.0 Å². The van der Waals surface area contributed by atoms with E-state index in [1.807, 2.05) is 54.7 Å². The van der Waals surface area contributed by atoms with Crippen LogP contribution in [0.5, 0.6) is 11.6 Å². The number of aliphatic hydroxyl groups is 1. The second-order valence-corrected chi connectivity index (χ2v) is 7.18. The number of aromatic nitrogens is 3. The van der Waals surface area contributed by atoms with Crippen molar-refractivity contribution in [2.75, 3.05) is 16.8 Å². The monoisotopic (exact) mass is 411 g/mol. The molecule has 0 spiro atoms. The molecule has 4 aromatic rings. The summed E-state index contributed by atoms with van der Waals surface area (Å²) in [5.41, 5.74) is 3.99. The van der Waals surface area contributed by atoms with Crippen LogP contribution >= 0.6 is 0 Å². The third kappa shape index (κ3) is 4.17. The van der Waals surface area contributed by atoms with E-state index in [9.17, 15) is 5.11 Å². The van der Waals surface area contributed by atoms with E-state index in [0.29, 0.717) is 11.8 Å². The normalized spacial score (nSPS) is 12.5. The summed E-state index contributed by atoms with van der Waals surface area (Å²) >= 11 is 0. The molecule has 0 saturated carbocycles. The molecule has 7 heteroatoms. The first kappa shape index (κ1) is 19.0. The van der Waals surface area contributed by atoms with Gasteiger partial charge in [0.2, 0.25) is 11.8 Å². The minimum Gasteiger partial charge on any atom is -0.439 e. The van der Waals surface area contributed by atoms with Gasteiger partial charge in [-0.1, -0.05) is 18.2 Å². The fraction of sp³-hybridized carbons (Fsp3) is 0.125. The van der Waals surface area contributed by atoms with Crippen LogP contribution in [-0.4, -0.2) is 26.6 Å². The lowest BCUT2D eigenvalue weighted by Gasteiger charge is -2.18. The Hall–Kier alpha value is -3.97. The number of aliphatic hydroxyl groups excluding tert-OH is 1. The number of nitrogens with one attached hydrogen (secondary N) is 1. The van der Waals surface area contributed by atoms with Crippen LogP contribution in [0.2, 0.25) is 0 Å². The molecule has 31 heavy (non-hydrogen) atoms. The highest BCUT2D eigenvalue weighted by molar-refractivity contribution is 5.68. The van der Waals surface area contributed by atoms with Gasteiger partial charge in [-0.05, 0) is 60.0 Å². The molecule has 2 aromatic carbocycles. The second kappa shape index (κ2) is 8.41. The number of pyridine rings is 1. The Morgan fingerprint density at radius 2 is 1.94 bits per heavy atom. The Morgan fingerprint density at radius 1 is 0.968 bits per heavy atom. The van der Waals surface area contributed by atoms with Gasteiger partial charge in [-0.3, -0.25) is 0 Å². The molecule has 0 aliphatic carbocycles. The molecular formula is C24H21N5O2. The van der Waals surface area contributed by atoms with Crippen molar-refractivity contribution in [2.24, 2.45) is 0 Å². The number of ether oxygens (including phenoxy) is 1. The zero-order valence-electron chi connectivity index (χ0n) is 16.8. The van der Waals surface area contributed by atoms with Crippen LogP contribution < -0.4 is 15.0 Å². The molecule has 0 saturated heterocycles. The summed E-state index contributed by atoms with van der Waals surface area (Å²) in [6.45, 7) is 0.875. The highest BCUT2D eigenvalue weighted by atomic mass is 16.5. The number of hydrogen-bond donors (Lipinski definition) is 2. The van der Waals surface area contributed by atoms with Crippen molar-refractivity contribution in [3.8, 4) is 11.6 Å². The Morgan fingerprint density at radius 3 is 2.81 bits per heavy atom. The predicted octanol–water partition coefficient (Wildman–Crippen LogP) is 4.59. The first-order valence-electron chi connectivity index (χ1n) is 10.1. The predicted molar refractivity (Wildman–Crippen MR) is 119 cm³/mol. The van der Waals surface area contributed by atoms with E-state index in [0.717, 1.165) is 41.5 Å². The minimum absolute atomic E-state index is 0.0182. The van der Waals surface area contributed by atoms with E-state index >= 15 is 0 Å². The summed E-state index contributed by atoms with van der Waals surface area (Å²) in [6.07, 6.45) is 4.39. The van der Waals surface area contributed by atoms with E-state index in [1.54, 1.807) is 12.3 Å². The number of anilines is 4. The van der Waals surface area contributed by atoms with Gasteiger partial charge in [0.15, 0.2) is 0 Å². The Bertz CT molecular complexity index is 1200. The van der Waals surface area contributed by atoms with E-state index in [4.69, 9.17) is 4.74 Å². The molecule has 2 aromatic heterocycles. The summed E-state index contributed by atoms with van der Waals surface area (Å²) in [5, 5.41) is 12.4. The van der Waals surface area contributed by atoms with Gasteiger partial charge in [-0.2, -0.15) is 4.98 Å². The molecule has 3 heterocycles. The SMILES string of the molecule is OCc1cccc(Nc2nccc(Oc3ccc4c(c3)CCN4c3ccccn3)n2)c1. The van der Waals surface area contributed by atoms with Crippen LogP contribution in [0.1, 0.15) is 11.1 Å². The molecule has 0 atom stereocenters. The lowest BCUT2D eigenvalue weighted by molar-refractivity contribution is 0.282. The van der Waals surface area contributed by atoms with Gasteiger partial charge in [0.05, 0.1) is 6.61 Å².